The lowest BCUT2D eigenvalue weighted by Crippen LogP contribution is -2.18. The van der Waals surface area contributed by atoms with E-state index in [4.69, 9.17) is 12.2 Å². The highest BCUT2D eigenvalue weighted by atomic mass is 32.1. The summed E-state index contributed by atoms with van der Waals surface area (Å²) in [6.45, 7) is 3.12. The molecule has 0 spiro atoms. The molecule has 0 saturated heterocycles. The van der Waals surface area contributed by atoms with Crippen LogP contribution in [0.1, 0.15) is 18.1 Å². The van der Waals surface area contributed by atoms with E-state index >= 15 is 0 Å². The van der Waals surface area contributed by atoms with Crippen LogP contribution in [0.3, 0.4) is 0 Å². The quantitative estimate of drug-likeness (QED) is 0.273. The molecule has 2 aromatic rings. The number of amides is 1. The molecule has 0 heterocycles. The predicted octanol–water partition coefficient (Wildman–Crippen LogP) is 5.25. The molecule has 5 nitrogen and oxygen atoms in total. The lowest BCUT2D eigenvalue weighted by Gasteiger charge is -2.10. The molecule has 2 aromatic carbocycles. The minimum atomic E-state index is -4.49. The van der Waals surface area contributed by atoms with E-state index in [-0.39, 0.29) is 22.1 Å². The van der Waals surface area contributed by atoms with Crippen LogP contribution in [0.4, 0.5) is 24.5 Å². The van der Waals surface area contributed by atoms with Crippen LogP contribution >= 0.6 is 12.2 Å². The molecule has 0 unspecified atom stereocenters. The van der Waals surface area contributed by atoms with Crippen LogP contribution in [0, 0.1) is 6.92 Å². The Labute approximate surface area is 171 Å². The number of halogens is 3. The van der Waals surface area contributed by atoms with Crippen LogP contribution in [0.2, 0.25) is 0 Å². The standard InChI is InChI=1S/C20H18F3N3O2S/c1-12-6-3-4-9-17(12)26-18(28)16(13(2)27)11-24-19(29)25-15-8-5-7-14(10-15)20(21,22)23/h3-11,27H,1-2H3,(H,25,29)(H,26,28)/b16-13-,24-11+. The number of carbonyl (C=O) groups excluding carboxylic acids is 1. The van der Waals surface area contributed by atoms with E-state index in [0.717, 1.165) is 23.9 Å². The summed E-state index contributed by atoms with van der Waals surface area (Å²) in [5.41, 5.74) is 0.515. The normalized spacial score (nSPS) is 12.4. The highest BCUT2D eigenvalue weighted by Crippen LogP contribution is 2.30. The zero-order chi connectivity index (χ0) is 21.6. The third-order valence-corrected chi connectivity index (χ3v) is 3.99. The van der Waals surface area contributed by atoms with Crippen LogP contribution in [-0.2, 0) is 11.0 Å². The minimum Gasteiger partial charge on any atom is -0.512 e. The Morgan fingerprint density at radius 2 is 1.83 bits per heavy atom. The smallest absolute Gasteiger partial charge is 0.416 e. The number of anilines is 2. The molecule has 152 valence electrons. The highest BCUT2D eigenvalue weighted by Gasteiger charge is 2.30. The number of nitrogens with zero attached hydrogens (tertiary/aromatic N) is 1. The summed E-state index contributed by atoms with van der Waals surface area (Å²) in [5.74, 6) is -0.897. The molecule has 0 aliphatic rings. The molecule has 0 aliphatic carbocycles. The van der Waals surface area contributed by atoms with Gasteiger partial charge in [0.2, 0.25) is 0 Å². The largest absolute Gasteiger partial charge is 0.512 e. The predicted molar refractivity (Wildman–Crippen MR) is 111 cm³/mol. The lowest BCUT2D eigenvalue weighted by atomic mass is 10.1. The number of aliphatic imine (C=N–C) groups is 1. The third kappa shape index (κ3) is 6.42. The molecule has 9 heteroatoms. The molecule has 1 amide bonds. The number of benzene rings is 2. The van der Waals surface area contributed by atoms with E-state index in [1.54, 1.807) is 12.1 Å². The van der Waals surface area contributed by atoms with Crippen molar-refractivity contribution in [2.24, 2.45) is 4.99 Å². The van der Waals surface area contributed by atoms with Gasteiger partial charge >= 0.3 is 6.18 Å². The molecule has 0 fully saturated rings. The fourth-order valence-corrected chi connectivity index (χ4v) is 2.44. The first-order chi connectivity index (χ1) is 13.6. The van der Waals surface area contributed by atoms with Gasteiger partial charge in [-0.25, -0.2) is 4.99 Å². The van der Waals surface area contributed by atoms with Crippen molar-refractivity contribution in [3.05, 3.63) is 71.0 Å². The second-order valence-electron chi connectivity index (χ2n) is 6.04. The molecule has 0 aliphatic heterocycles. The summed E-state index contributed by atoms with van der Waals surface area (Å²) in [4.78, 5) is 16.3. The number of para-hydroxylation sites is 1. The van der Waals surface area contributed by atoms with Gasteiger partial charge in [-0.05, 0) is 55.9 Å². The number of nitrogens with one attached hydrogen (secondary N) is 2. The van der Waals surface area contributed by atoms with Gasteiger partial charge < -0.3 is 15.7 Å². The molecule has 2 rings (SSSR count). The van der Waals surface area contributed by atoms with Crippen molar-refractivity contribution < 1.29 is 23.1 Å². The molecule has 0 bridgehead atoms. The molecule has 0 atom stereocenters. The zero-order valence-corrected chi connectivity index (χ0v) is 16.4. The maximum Gasteiger partial charge on any atom is 0.416 e. The van der Waals surface area contributed by atoms with Crippen LogP contribution in [-0.4, -0.2) is 22.3 Å². The minimum absolute atomic E-state index is 0.0950. The van der Waals surface area contributed by atoms with Crippen molar-refractivity contribution >= 4 is 40.8 Å². The number of aryl methyl sites for hydroxylation is 1. The molecular formula is C20H18F3N3O2S. The van der Waals surface area contributed by atoms with Crippen LogP contribution in [0.25, 0.3) is 0 Å². The van der Waals surface area contributed by atoms with Gasteiger partial charge in [0.15, 0.2) is 5.11 Å². The van der Waals surface area contributed by atoms with Gasteiger partial charge in [0.05, 0.1) is 11.1 Å². The second-order valence-corrected chi connectivity index (χ2v) is 6.42. The van der Waals surface area contributed by atoms with Crippen LogP contribution in [0.15, 0.2) is 64.9 Å². The number of hydrogen-bond donors (Lipinski definition) is 3. The molecule has 0 aromatic heterocycles. The Kier molecular flexibility index (Phi) is 7.11. The summed E-state index contributed by atoms with van der Waals surface area (Å²) in [7, 11) is 0. The van der Waals surface area contributed by atoms with Crippen molar-refractivity contribution in [2.45, 2.75) is 20.0 Å². The number of alkyl halides is 3. The van der Waals surface area contributed by atoms with E-state index in [2.05, 4.69) is 15.6 Å². The Hall–Kier alpha value is -3.20. The first-order valence-electron chi connectivity index (χ1n) is 8.37. The summed E-state index contributed by atoms with van der Waals surface area (Å²) in [5, 5.41) is 14.8. The third-order valence-electron chi connectivity index (χ3n) is 3.78. The topological polar surface area (TPSA) is 73.7 Å². The van der Waals surface area contributed by atoms with Gasteiger partial charge in [0, 0.05) is 17.6 Å². The zero-order valence-electron chi connectivity index (χ0n) is 15.5. The molecule has 0 saturated carbocycles. The molecular weight excluding hydrogens is 403 g/mol. The van der Waals surface area contributed by atoms with Gasteiger partial charge in [0.25, 0.3) is 5.91 Å². The Morgan fingerprint density at radius 3 is 2.45 bits per heavy atom. The summed E-state index contributed by atoms with van der Waals surface area (Å²) < 4.78 is 38.3. The highest BCUT2D eigenvalue weighted by molar-refractivity contribution is 7.80. The average Bonchev–Trinajstić information content (AvgIpc) is 2.63. The van der Waals surface area contributed by atoms with Crippen LogP contribution in [0.5, 0.6) is 0 Å². The van der Waals surface area contributed by atoms with Gasteiger partial charge in [-0.3, -0.25) is 4.79 Å². The number of hydrogen-bond acceptors (Lipinski definition) is 3. The fourth-order valence-electron chi connectivity index (χ4n) is 2.27. The maximum absolute atomic E-state index is 12.8. The molecule has 3 N–H and O–H groups in total. The number of thiocarbonyl (C=S) groups is 1. The van der Waals surface area contributed by atoms with Gasteiger partial charge in [-0.2, -0.15) is 13.2 Å². The van der Waals surface area contributed by atoms with E-state index < -0.39 is 17.6 Å². The van der Waals surface area contributed by atoms with Crippen molar-refractivity contribution in [1.82, 2.24) is 0 Å². The Bertz CT molecular complexity index is 981. The van der Waals surface area contributed by atoms with E-state index in [1.165, 1.54) is 19.1 Å². The van der Waals surface area contributed by atoms with Crippen molar-refractivity contribution in [3.63, 3.8) is 0 Å². The summed E-state index contributed by atoms with van der Waals surface area (Å²) in [6.07, 6.45) is -3.44. The van der Waals surface area contributed by atoms with E-state index in [9.17, 15) is 23.1 Å². The first-order valence-corrected chi connectivity index (χ1v) is 8.78. The molecule has 0 radical (unpaired) electrons. The Balaban J connectivity index is 2.11. The van der Waals surface area contributed by atoms with E-state index in [0.29, 0.717) is 5.69 Å². The van der Waals surface area contributed by atoms with Gasteiger partial charge in [-0.1, -0.05) is 24.3 Å². The van der Waals surface area contributed by atoms with Gasteiger partial charge in [0.1, 0.15) is 5.76 Å². The number of allylic oxidation sites excluding steroid dienone is 1. The molecule has 29 heavy (non-hydrogen) atoms. The summed E-state index contributed by atoms with van der Waals surface area (Å²) in [6, 6.07) is 11.5. The lowest BCUT2D eigenvalue weighted by molar-refractivity contribution is -0.137. The maximum atomic E-state index is 12.8. The number of aliphatic hydroxyl groups is 1. The van der Waals surface area contributed by atoms with Gasteiger partial charge in [-0.15, -0.1) is 0 Å². The second kappa shape index (κ2) is 9.33. The van der Waals surface area contributed by atoms with Crippen LogP contribution < -0.4 is 10.6 Å². The Morgan fingerprint density at radius 1 is 1.14 bits per heavy atom. The monoisotopic (exact) mass is 421 g/mol. The summed E-state index contributed by atoms with van der Waals surface area (Å²) >= 11 is 4.99. The number of carbonyl (C=O) groups is 1. The van der Waals surface area contributed by atoms with Crippen molar-refractivity contribution in [3.8, 4) is 0 Å². The number of aliphatic hydroxyl groups excluding tert-OH is 1. The van der Waals surface area contributed by atoms with Crippen molar-refractivity contribution in [1.29, 1.82) is 0 Å². The first kappa shape index (κ1) is 22.1. The number of rotatable bonds is 4. The fraction of sp³-hybridized carbons (Fsp3) is 0.150. The SMILES string of the molecule is C/C(O)=C(\C=N\C(=S)Nc1cccc(C(F)(F)F)c1)C(=O)Nc1ccccc1C. The van der Waals surface area contributed by atoms with E-state index in [1.807, 2.05) is 19.1 Å². The van der Waals surface area contributed by atoms with Crippen molar-refractivity contribution in [2.75, 3.05) is 10.6 Å². The average molecular weight is 421 g/mol.